The third kappa shape index (κ3) is 5.20. The van der Waals surface area contributed by atoms with E-state index in [1.165, 1.54) is 6.08 Å². The van der Waals surface area contributed by atoms with Crippen molar-refractivity contribution < 1.29 is 14.3 Å². The molecule has 2 aromatic heterocycles. The quantitative estimate of drug-likeness (QED) is 0.306. The number of aliphatic hydroxyl groups excluding tert-OH is 1. The van der Waals surface area contributed by atoms with Crippen molar-refractivity contribution in [2.75, 3.05) is 54.9 Å². The number of aliphatic hydroxyl groups is 1. The number of carbonyl (C=O) groups is 1. The number of halogens is 1. The Balaban J connectivity index is 1.37. The van der Waals surface area contributed by atoms with Crippen LogP contribution in [0.3, 0.4) is 0 Å². The highest BCUT2D eigenvalue weighted by molar-refractivity contribution is 5.99. The normalized spacial score (nSPS) is 14.0. The summed E-state index contributed by atoms with van der Waals surface area (Å²) in [5.74, 6) is -0.430. The number of fused-ring (bicyclic) bond motifs is 1. The van der Waals surface area contributed by atoms with Gasteiger partial charge in [0.15, 0.2) is 11.5 Å². The highest BCUT2D eigenvalue weighted by Crippen LogP contribution is 2.30. The second-order valence-corrected chi connectivity index (χ2v) is 9.01. The number of β-amino-alcohol motifs (C(OH)–C–C–N with tert-alkyl or cyclic N) is 1. The molecule has 1 aliphatic rings. The van der Waals surface area contributed by atoms with Crippen molar-refractivity contribution in [2.45, 2.75) is 6.92 Å². The average molecular weight is 517 g/mol. The Morgan fingerprint density at radius 3 is 2.76 bits per heavy atom. The van der Waals surface area contributed by atoms with Crippen LogP contribution in [0.2, 0.25) is 0 Å². The zero-order valence-electron chi connectivity index (χ0n) is 21.1. The first-order chi connectivity index (χ1) is 18.5. The zero-order valence-corrected chi connectivity index (χ0v) is 21.1. The monoisotopic (exact) mass is 516 g/mol. The fraction of sp³-hybridized carbons (Fsp3) is 0.259. The Morgan fingerprint density at radius 1 is 1.18 bits per heavy atom. The predicted molar refractivity (Wildman–Crippen MR) is 146 cm³/mol. The molecule has 0 bridgehead atoms. The first-order valence-corrected chi connectivity index (χ1v) is 12.3. The van der Waals surface area contributed by atoms with E-state index in [1.807, 2.05) is 18.2 Å². The second-order valence-electron chi connectivity index (χ2n) is 9.01. The molecule has 10 nitrogen and oxygen atoms in total. The number of carbonyl (C=O) groups excluding carboxylic acids is 1. The van der Waals surface area contributed by atoms with Crippen LogP contribution in [0, 0.1) is 12.7 Å². The van der Waals surface area contributed by atoms with Crippen LogP contribution in [0.5, 0.6) is 0 Å². The van der Waals surface area contributed by atoms with E-state index in [0.29, 0.717) is 29.0 Å². The molecule has 5 rings (SSSR count). The summed E-state index contributed by atoms with van der Waals surface area (Å²) < 4.78 is 17.2. The number of amides is 1. The molecule has 0 atom stereocenters. The molecule has 1 aliphatic heterocycles. The molecule has 0 radical (unpaired) electrons. The fourth-order valence-electron chi connectivity index (χ4n) is 4.57. The predicted octanol–water partition coefficient (Wildman–Crippen LogP) is 3.25. The van der Waals surface area contributed by atoms with Crippen LogP contribution in [-0.4, -0.2) is 74.8 Å². The topological polar surface area (TPSA) is 111 Å². The molecule has 3 N–H and O–H groups in total. The van der Waals surface area contributed by atoms with Crippen molar-refractivity contribution in [2.24, 2.45) is 0 Å². The SMILES string of the molecule is C=CC(=O)Nc1cccc(-n2cnc3cnc(Nc4ccc(N5CCN(CCO)CC5)c(C)c4F)nc32)c1. The molecule has 3 heterocycles. The van der Waals surface area contributed by atoms with Crippen molar-refractivity contribution in [3.8, 4) is 5.69 Å². The highest BCUT2D eigenvalue weighted by atomic mass is 19.1. The molecule has 11 heteroatoms. The van der Waals surface area contributed by atoms with Gasteiger partial charge in [0.2, 0.25) is 11.9 Å². The number of nitrogens with zero attached hydrogens (tertiary/aromatic N) is 6. The molecule has 1 amide bonds. The number of imidazole rings is 1. The highest BCUT2D eigenvalue weighted by Gasteiger charge is 2.21. The molecule has 1 fully saturated rings. The van der Waals surface area contributed by atoms with E-state index >= 15 is 4.39 Å². The van der Waals surface area contributed by atoms with Gasteiger partial charge < -0.3 is 20.6 Å². The summed E-state index contributed by atoms with van der Waals surface area (Å²) >= 11 is 0. The van der Waals surface area contributed by atoms with Gasteiger partial charge >= 0.3 is 0 Å². The van der Waals surface area contributed by atoms with Crippen LogP contribution >= 0.6 is 0 Å². The van der Waals surface area contributed by atoms with Crippen LogP contribution in [0.15, 0.2) is 61.6 Å². The summed E-state index contributed by atoms with van der Waals surface area (Å²) in [7, 11) is 0. The molecule has 38 heavy (non-hydrogen) atoms. The van der Waals surface area contributed by atoms with Gasteiger partial charge in [-0.25, -0.2) is 14.4 Å². The molecule has 4 aromatic rings. The number of piperazine rings is 1. The van der Waals surface area contributed by atoms with Crippen molar-refractivity contribution in [1.82, 2.24) is 24.4 Å². The minimum atomic E-state index is -0.358. The van der Waals surface area contributed by atoms with Gasteiger partial charge in [-0.15, -0.1) is 0 Å². The first-order valence-electron chi connectivity index (χ1n) is 12.3. The summed E-state index contributed by atoms with van der Waals surface area (Å²) in [5.41, 5.74) is 4.14. The number of nitrogens with one attached hydrogen (secondary N) is 2. The third-order valence-corrected chi connectivity index (χ3v) is 6.60. The van der Waals surface area contributed by atoms with Crippen molar-refractivity contribution in [3.63, 3.8) is 0 Å². The van der Waals surface area contributed by atoms with Gasteiger partial charge in [-0.2, -0.15) is 4.98 Å². The molecule has 0 aliphatic carbocycles. The molecule has 1 saturated heterocycles. The lowest BCUT2D eigenvalue weighted by Gasteiger charge is -2.36. The lowest BCUT2D eigenvalue weighted by molar-refractivity contribution is -0.111. The largest absolute Gasteiger partial charge is 0.395 e. The first kappa shape index (κ1) is 25.3. The lowest BCUT2D eigenvalue weighted by atomic mass is 10.1. The molecule has 0 unspecified atom stereocenters. The number of hydrogen-bond acceptors (Lipinski definition) is 8. The number of rotatable bonds is 8. The molecule has 0 saturated carbocycles. The van der Waals surface area contributed by atoms with E-state index in [2.05, 4.69) is 42.0 Å². The number of hydrogen-bond donors (Lipinski definition) is 3. The third-order valence-electron chi connectivity index (χ3n) is 6.60. The van der Waals surface area contributed by atoms with Crippen LogP contribution in [0.25, 0.3) is 16.9 Å². The van der Waals surface area contributed by atoms with Crippen LogP contribution in [0.1, 0.15) is 5.56 Å². The van der Waals surface area contributed by atoms with E-state index in [4.69, 9.17) is 5.11 Å². The van der Waals surface area contributed by atoms with Crippen LogP contribution in [0.4, 0.5) is 27.4 Å². The minimum Gasteiger partial charge on any atom is -0.395 e. The summed E-state index contributed by atoms with van der Waals surface area (Å²) in [6.07, 6.45) is 4.41. The van der Waals surface area contributed by atoms with Gasteiger partial charge in [0.05, 0.1) is 24.2 Å². The maximum Gasteiger partial charge on any atom is 0.247 e. The molecule has 2 aromatic carbocycles. The van der Waals surface area contributed by atoms with Crippen molar-refractivity contribution >= 4 is 40.1 Å². The maximum atomic E-state index is 15.4. The Morgan fingerprint density at radius 2 is 2.00 bits per heavy atom. The molecular formula is C27H29FN8O2. The Kier molecular flexibility index (Phi) is 7.29. The van der Waals surface area contributed by atoms with Crippen molar-refractivity contribution in [3.05, 3.63) is 73.0 Å². The summed E-state index contributed by atoms with van der Waals surface area (Å²) in [5, 5.41) is 14.9. The standard InChI is InChI=1S/C27H29FN8O2/c1-3-24(38)31-19-5-4-6-20(15-19)36-17-30-22-16-29-27(33-26(22)36)32-21-7-8-23(18(2)25(21)28)35-11-9-34(10-12-35)13-14-37/h3-8,15-17,37H,1,9-14H2,2H3,(H,31,38)(H,29,32,33). The van der Waals surface area contributed by atoms with Crippen LogP contribution < -0.4 is 15.5 Å². The Bertz CT molecular complexity index is 1480. The zero-order chi connectivity index (χ0) is 26.6. The van der Waals surface area contributed by atoms with E-state index in [1.54, 1.807) is 42.2 Å². The van der Waals surface area contributed by atoms with Gasteiger partial charge in [0.25, 0.3) is 0 Å². The van der Waals surface area contributed by atoms with Gasteiger partial charge in [-0.3, -0.25) is 14.3 Å². The number of anilines is 4. The van der Waals surface area contributed by atoms with Crippen LogP contribution in [-0.2, 0) is 4.79 Å². The van der Waals surface area contributed by atoms with E-state index in [0.717, 1.165) is 37.6 Å². The summed E-state index contributed by atoms with van der Waals surface area (Å²) in [6, 6.07) is 10.9. The van der Waals surface area contributed by atoms with Gasteiger partial charge in [-0.05, 0) is 43.3 Å². The average Bonchev–Trinajstić information content (AvgIpc) is 3.36. The second kappa shape index (κ2) is 11.0. The van der Waals surface area contributed by atoms with Gasteiger partial charge in [-0.1, -0.05) is 12.6 Å². The van der Waals surface area contributed by atoms with Gasteiger partial charge in [0.1, 0.15) is 11.8 Å². The van der Waals surface area contributed by atoms with Crippen molar-refractivity contribution in [1.29, 1.82) is 0 Å². The molecule has 0 spiro atoms. The van der Waals surface area contributed by atoms with Gasteiger partial charge in [0, 0.05) is 49.7 Å². The number of aromatic nitrogens is 4. The summed E-state index contributed by atoms with van der Waals surface area (Å²) in [6.45, 7) is 9.24. The van der Waals surface area contributed by atoms with E-state index in [9.17, 15) is 4.79 Å². The smallest absolute Gasteiger partial charge is 0.247 e. The molecule has 196 valence electrons. The Hall–Kier alpha value is -4.35. The molecular weight excluding hydrogens is 487 g/mol. The summed E-state index contributed by atoms with van der Waals surface area (Å²) in [4.78, 5) is 29.3. The number of benzene rings is 2. The lowest BCUT2D eigenvalue weighted by Crippen LogP contribution is -2.47. The van der Waals surface area contributed by atoms with E-state index < -0.39 is 0 Å². The van der Waals surface area contributed by atoms with E-state index in [-0.39, 0.29) is 30.0 Å². The Labute approximate surface area is 219 Å². The fourth-order valence-corrected chi connectivity index (χ4v) is 4.57. The maximum absolute atomic E-state index is 15.4. The minimum absolute atomic E-state index is 0.142.